The molecule has 1 heterocycles. The van der Waals surface area contributed by atoms with E-state index in [1.165, 1.54) is 0 Å². The Balaban J connectivity index is 3.45. The molecule has 0 bridgehead atoms. The number of imidazole rings is 1. The highest BCUT2D eigenvalue weighted by Gasteiger charge is 2.03. The lowest BCUT2D eigenvalue weighted by Gasteiger charge is -2.02. The van der Waals surface area contributed by atoms with Gasteiger partial charge in [0.05, 0.1) is 11.5 Å². The molecule has 12 heavy (non-hydrogen) atoms. The minimum absolute atomic E-state index is 0.125. The van der Waals surface area contributed by atoms with E-state index in [1.54, 1.807) is 10.8 Å². The number of aliphatic hydroxyl groups is 1. The van der Waals surface area contributed by atoms with Crippen molar-refractivity contribution in [1.82, 2.24) is 9.55 Å². The lowest BCUT2D eigenvalue weighted by atomic mass is 10.2. The van der Waals surface area contributed by atoms with Crippen LogP contribution >= 0.6 is 0 Å². The van der Waals surface area contributed by atoms with E-state index in [9.17, 15) is 5.11 Å². The van der Waals surface area contributed by atoms with E-state index < -0.39 is 0 Å². The fourth-order valence-corrected chi connectivity index (χ4v) is 0.982. The van der Waals surface area contributed by atoms with Crippen LogP contribution in [0.5, 0.6) is 0 Å². The second-order valence-electron chi connectivity index (χ2n) is 3.16. The van der Waals surface area contributed by atoms with Gasteiger partial charge in [-0.15, -0.1) is 0 Å². The molecular weight excluding hydrogens is 152 g/mol. The topological polar surface area (TPSA) is 38.1 Å². The zero-order valence-electron chi connectivity index (χ0n) is 7.70. The van der Waals surface area contributed by atoms with Gasteiger partial charge in [0.2, 0.25) is 0 Å². The molecule has 0 fully saturated rings. The molecule has 0 unspecified atom stereocenters. The van der Waals surface area contributed by atoms with Crippen molar-refractivity contribution in [3.05, 3.63) is 17.0 Å². The van der Waals surface area contributed by atoms with Crippen molar-refractivity contribution in [3.8, 4) is 0 Å². The van der Waals surface area contributed by atoms with E-state index in [2.05, 4.69) is 11.6 Å². The van der Waals surface area contributed by atoms with Gasteiger partial charge in [0.1, 0.15) is 11.2 Å². The van der Waals surface area contributed by atoms with Crippen LogP contribution in [0.25, 0.3) is 12.3 Å². The maximum atomic E-state index is 9.62. The Morgan fingerprint density at radius 1 is 1.67 bits per heavy atom. The molecule has 1 aromatic heterocycles. The highest BCUT2D eigenvalue weighted by Crippen LogP contribution is 2.02. The van der Waals surface area contributed by atoms with Crippen molar-refractivity contribution in [1.29, 1.82) is 0 Å². The maximum absolute atomic E-state index is 9.62. The smallest absolute Gasteiger partial charge is 0.125 e. The molecule has 1 rings (SSSR count). The Kier molecular flexibility index (Phi) is 2.22. The minimum atomic E-state index is 0.125. The van der Waals surface area contributed by atoms with Gasteiger partial charge in [-0.3, -0.25) is 0 Å². The van der Waals surface area contributed by atoms with Gasteiger partial charge >= 0.3 is 0 Å². The number of hydrogen-bond donors (Lipinski definition) is 1. The first-order valence-electron chi connectivity index (χ1n) is 3.94. The van der Waals surface area contributed by atoms with Gasteiger partial charge in [-0.1, -0.05) is 20.4 Å². The molecule has 0 amide bonds. The summed E-state index contributed by atoms with van der Waals surface area (Å²) in [6.45, 7) is 7.58. The molecule has 0 spiro atoms. The molecule has 66 valence electrons. The van der Waals surface area contributed by atoms with Gasteiger partial charge in [-0.2, -0.15) is 0 Å². The van der Waals surface area contributed by atoms with Crippen LogP contribution in [0.1, 0.15) is 13.8 Å². The van der Waals surface area contributed by atoms with Crippen molar-refractivity contribution in [2.75, 3.05) is 0 Å². The first kappa shape index (κ1) is 8.84. The molecule has 0 aliphatic rings. The summed E-state index contributed by atoms with van der Waals surface area (Å²) >= 11 is 0. The van der Waals surface area contributed by atoms with E-state index in [0.717, 1.165) is 5.35 Å². The summed E-state index contributed by atoms with van der Waals surface area (Å²) in [5.74, 6) is 0.486. The van der Waals surface area contributed by atoms with E-state index in [0.29, 0.717) is 11.2 Å². The summed E-state index contributed by atoms with van der Waals surface area (Å²) in [5.41, 5.74) is 0.664. The molecule has 0 aliphatic heterocycles. The Hall–Kier alpha value is -1.25. The van der Waals surface area contributed by atoms with Crippen molar-refractivity contribution in [2.24, 2.45) is 13.0 Å². The minimum Gasteiger partial charge on any atom is -0.510 e. The fraction of sp³-hybridized carbons (Fsp3) is 0.444. The molecule has 3 nitrogen and oxygen atoms in total. The summed E-state index contributed by atoms with van der Waals surface area (Å²) in [4.78, 5) is 3.99. The molecule has 0 aliphatic carbocycles. The largest absolute Gasteiger partial charge is 0.510 e. The molecule has 0 saturated carbocycles. The summed E-state index contributed by atoms with van der Waals surface area (Å²) in [5, 5.41) is 10.4. The zero-order valence-corrected chi connectivity index (χ0v) is 7.70. The Morgan fingerprint density at radius 2 is 2.25 bits per heavy atom. The standard InChI is InChI=1S/C9H14N2O/c1-6(2)9(12)8-5-10-7(3)11(8)4/h5-6,12H,3H2,1-2,4H3. The van der Waals surface area contributed by atoms with Crippen molar-refractivity contribution >= 4 is 12.3 Å². The highest BCUT2D eigenvalue weighted by atomic mass is 16.3. The van der Waals surface area contributed by atoms with Crippen LogP contribution in [0, 0.1) is 5.92 Å². The van der Waals surface area contributed by atoms with Crippen molar-refractivity contribution in [2.45, 2.75) is 13.8 Å². The Bertz CT molecular complexity index is 376. The first-order valence-corrected chi connectivity index (χ1v) is 3.94. The van der Waals surface area contributed by atoms with E-state index in [-0.39, 0.29) is 5.92 Å². The fourth-order valence-electron chi connectivity index (χ4n) is 0.982. The summed E-state index contributed by atoms with van der Waals surface area (Å²) in [6.07, 6.45) is 1.64. The molecular formula is C9H14N2O. The third-order valence-corrected chi connectivity index (χ3v) is 1.89. The average molecular weight is 166 g/mol. The van der Waals surface area contributed by atoms with Gasteiger partial charge in [-0.05, 0) is 0 Å². The van der Waals surface area contributed by atoms with Crippen LogP contribution < -0.4 is 10.8 Å². The quantitative estimate of drug-likeness (QED) is 0.645. The number of hydrogen-bond acceptors (Lipinski definition) is 2. The van der Waals surface area contributed by atoms with Gasteiger partial charge in [0.15, 0.2) is 0 Å². The highest BCUT2D eigenvalue weighted by molar-refractivity contribution is 5.33. The van der Waals surface area contributed by atoms with Crippen LogP contribution in [0.4, 0.5) is 0 Å². The van der Waals surface area contributed by atoms with Crippen LogP contribution in [0.3, 0.4) is 0 Å². The monoisotopic (exact) mass is 166 g/mol. The molecule has 3 heteroatoms. The number of nitrogens with zero attached hydrogens (tertiary/aromatic N) is 2. The van der Waals surface area contributed by atoms with E-state index in [4.69, 9.17) is 0 Å². The van der Waals surface area contributed by atoms with Crippen molar-refractivity contribution < 1.29 is 5.11 Å². The molecule has 0 aromatic carbocycles. The maximum Gasteiger partial charge on any atom is 0.125 e. The third kappa shape index (κ3) is 1.35. The lowest BCUT2D eigenvalue weighted by Crippen LogP contribution is -2.25. The van der Waals surface area contributed by atoms with Gasteiger partial charge in [0.25, 0.3) is 0 Å². The summed E-state index contributed by atoms with van der Waals surface area (Å²) in [6, 6.07) is 0. The number of aromatic nitrogens is 2. The molecule has 1 N–H and O–H groups in total. The summed E-state index contributed by atoms with van der Waals surface area (Å²) < 4.78 is 1.77. The first-order chi connectivity index (χ1) is 5.54. The molecule has 1 aromatic rings. The molecule has 0 atom stereocenters. The van der Waals surface area contributed by atoms with Crippen LogP contribution in [-0.4, -0.2) is 14.7 Å². The predicted molar refractivity (Wildman–Crippen MR) is 48.9 cm³/mol. The predicted octanol–water partition coefficient (Wildman–Crippen LogP) is 0.153. The third-order valence-electron chi connectivity index (χ3n) is 1.89. The van der Waals surface area contributed by atoms with Crippen molar-refractivity contribution in [3.63, 3.8) is 0 Å². The second kappa shape index (κ2) is 3.01. The van der Waals surface area contributed by atoms with Crippen LogP contribution in [-0.2, 0) is 7.05 Å². The lowest BCUT2D eigenvalue weighted by molar-refractivity contribution is 0.441. The molecule has 0 saturated heterocycles. The SMILES string of the molecule is C=c1ncc(=C(O)C(C)C)n1C. The van der Waals surface area contributed by atoms with Gasteiger partial charge in [-0.25, -0.2) is 4.98 Å². The Morgan fingerprint density at radius 3 is 2.58 bits per heavy atom. The van der Waals surface area contributed by atoms with Gasteiger partial charge in [0, 0.05) is 13.0 Å². The Labute approximate surface area is 71.7 Å². The van der Waals surface area contributed by atoms with E-state index in [1.807, 2.05) is 20.9 Å². The number of aliphatic hydroxyl groups excluding tert-OH is 1. The zero-order chi connectivity index (χ0) is 9.30. The normalized spacial score (nSPS) is 13.7. The average Bonchev–Trinajstić information content (AvgIpc) is 2.32. The summed E-state index contributed by atoms with van der Waals surface area (Å²) in [7, 11) is 1.84. The van der Waals surface area contributed by atoms with E-state index >= 15 is 0 Å². The van der Waals surface area contributed by atoms with Crippen LogP contribution in [0.15, 0.2) is 6.20 Å². The van der Waals surface area contributed by atoms with Crippen LogP contribution in [0.2, 0.25) is 0 Å². The second-order valence-corrected chi connectivity index (χ2v) is 3.16. The molecule has 0 radical (unpaired) electrons. The van der Waals surface area contributed by atoms with Gasteiger partial charge < -0.3 is 9.67 Å². The number of rotatable bonds is 1.